The predicted octanol–water partition coefficient (Wildman–Crippen LogP) is 2.96. The maximum Gasteiger partial charge on any atom is 0.257 e. The number of carbonyl (C=O) groups is 1. The summed E-state index contributed by atoms with van der Waals surface area (Å²) in [6.45, 7) is 5.55. The normalized spacial score (nSPS) is 18.5. The molecule has 0 saturated carbocycles. The summed E-state index contributed by atoms with van der Waals surface area (Å²) in [6.07, 6.45) is 6.44. The molecule has 1 amide bonds. The molecule has 1 aliphatic rings. The number of rotatable bonds is 4. The monoisotopic (exact) mass is 420 g/mol. The molecular weight excluding hydrogens is 399 g/mol. The Balaban J connectivity index is 1.47. The highest BCUT2D eigenvalue weighted by atomic mass is 19.1. The highest BCUT2D eigenvalue weighted by molar-refractivity contribution is 6.12. The largest absolute Gasteiger partial charge is 0.486 e. The molecule has 4 heterocycles. The molecule has 0 unspecified atom stereocenters. The SMILES string of the molecule is Cc1cn2cc(NC(=O)c3ccc(O[C@@H]4CNC[C@H]4C)c4nccnc34)cc(F)c2n1. The molecule has 31 heavy (non-hydrogen) atoms. The number of aryl methyl sites for hydroxylation is 1. The van der Waals surface area contributed by atoms with E-state index >= 15 is 0 Å². The Kier molecular flexibility index (Phi) is 4.74. The summed E-state index contributed by atoms with van der Waals surface area (Å²) in [7, 11) is 0. The molecule has 1 fully saturated rings. The maximum absolute atomic E-state index is 14.4. The number of halogens is 1. The Morgan fingerprint density at radius 2 is 2.03 bits per heavy atom. The van der Waals surface area contributed by atoms with Gasteiger partial charge in [0, 0.05) is 49.9 Å². The molecule has 9 heteroatoms. The number of nitrogens with zero attached hydrogens (tertiary/aromatic N) is 4. The number of carbonyl (C=O) groups excluding carboxylic acids is 1. The second kappa shape index (κ2) is 7.59. The molecule has 1 saturated heterocycles. The molecule has 8 nitrogen and oxygen atoms in total. The second-order valence-electron chi connectivity index (χ2n) is 7.80. The molecule has 5 rings (SSSR count). The maximum atomic E-state index is 14.4. The van der Waals surface area contributed by atoms with Crippen LogP contribution in [0.5, 0.6) is 5.75 Å². The summed E-state index contributed by atoms with van der Waals surface area (Å²) in [5.74, 6) is 0.0232. The molecule has 0 spiro atoms. The smallest absolute Gasteiger partial charge is 0.257 e. The van der Waals surface area contributed by atoms with Crippen molar-refractivity contribution in [1.29, 1.82) is 0 Å². The van der Waals surface area contributed by atoms with Gasteiger partial charge in [-0.1, -0.05) is 6.92 Å². The number of nitrogens with one attached hydrogen (secondary N) is 2. The van der Waals surface area contributed by atoms with Gasteiger partial charge >= 0.3 is 0 Å². The molecule has 1 aliphatic heterocycles. The summed E-state index contributed by atoms with van der Waals surface area (Å²) in [5.41, 5.74) is 2.48. The lowest BCUT2D eigenvalue weighted by Gasteiger charge is -2.18. The van der Waals surface area contributed by atoms with Crippen LogP contribution in [0.3, 0.4) is 0 Å². The van der Waals surface area contributed by atoms with E-state index in [1.54, 1.807) is 42.0 Å². The van der Waals surface area contributed by atoms with Crippen LogP contribution < -0.4 is 15.4 Å². The van der Waals surface area contributed by atoms with Crippen LogP contribution in [0.1, 0.15) is 23.0 Å². The zero-order chi connectivity index (χ0) is 21.5. The van der Waals surface area contributed by atoms with Crippen LogP contribution in [0.2, 0.25) is 0 Å². The number of imidazole rings is 1. The van der Waals surface area contributed by atoms with E-state index in [0.717, 1.165) is 13.1 Å². The number of amides is 1. The molecule has 0 radical (unpaired) electrons. The van der Waals surface area contributed by atoms with Gasteiger partial charge in [0.15, 0.2) is 11.5 Å². The van der Waals surface area contributed by atoms with Crippen LogP contribution in [0.25, 0.3) is 16.7 Å². The molecule has 158 valence electrons. The Bertz CT molecular complexity index is 1300. The van der Waals surface area contributed by atoms with Crippen LogP contribution in [0, 0.1) is 18.7 Å². The molecule has 1 aromatic carbocycles. The number of pyridine rings is 1. The van der Waals surface area contributed by atoms with Crippen LogP contribution >= 0.6 is 0 Å². The predicted molar refractivity (Wildman–Crippen MR) is 114 cm³/mol. The second-order valence-corrected chi connectivity index (χ2v) is 7.80. The average molecular weight is 420 g/mol. The minimum absolute atomic E-state index is 0.0261. The molecule has 2 N–H and O–H groups in total. The Morgan fingerprint density at radius 3 is 2.81 bits per heavy atom. The zero-order valence-electron chi connectivity index (χ0n) is 17.1. The van der Waals surface area contributed by atoms with E-state index in [1.807, 2.05) is 0 Å². The lowest BCUT2D eigenvalue weighted by Crippen LogP contribution is -2.24. The Hall–Kier alpha value is -3.59. The molecule has 0 bridgehead atoms. The van der Waals surface area contributed by atoms with Gasteiger partial charge in [0.05, 0.1) is 16.9 Å². The third-order valence-electron chi connectivity index (χ3n) is 5.44. The number of hydrogen-bond acceptors (Lipinski definition) is 6. The summed E-state index contributed by atoms with van der Waals surface area (Å²) in [6, 6.07) is 4.64. The first kappa shape index (κ1) is 19.4. The third-order valence-corrected chi connectivity index (χ3v) is 5.44. The fourth-order valence-electron chi connectivity index (χ4n) is 3.86. The van der Waals surface area contributed by atoms with Crippen molar-refractivity contribution >= 4 is 28.3 Å². The van der Waals surface area contributed by atoms with Crippen molar-refractivity contribution in [2.45, 2.75) is 20.0 Å². The van der Waals surface area contributed by atoms with Gasteiger partial charge in [0.25, 0.3) is 5.91 Å². The molecular formula is C22H21FN6O2. The van der Waals surface area contributed by atoms with Gasteiger partial charge in [0.1, 0.15) is 22.9 Å². The fourth-order valence-corrected chi connectivity index (χ4v) is 3.86. The van der Waals surface area contributed by atoms with Gasteiger partial charge in [-0.25, -0.2) is 14.4 Å². The summed E-state index contributed by atoms with van der Waals surface area (Å²) >= 11 is 0. The van der Waals surface area contributed by atoms with Crippen molar-refractivity contribution in [2.24, 2.45) is 5.92 Å². The molecule has 4 aromatic rings. The molecule has 3 aromatic heterocycles. The first-order valence-corrected chi connectivity index (χ1v) is 10.1. The van der Waals surface area contributed by atoms with Crippen molar-refractivity contribution in [3.8, 4) is 5.75 Å². The summed E-state index contributed by atoms with van der Waals surface area (Å²) in [5, 5.41) is 6.05. The lowest BCUT2D eigenvalue weighted by atomic mass is 10.1. The topological polar surface area (TPSA) is 93.4 Å². The third kappa shape index (κ3) is 3.57. The van der Waals surface area contributed by atoms with Crippen LogP contribution in [-0.2, 0) is 0 Å². The van der Waals surface area contributed by atoms with Crippen molar-refractivity contribution in [3.05, 3.63) is 60.1 Å². The van der Waals surface area contributed by atoms with Gasteiger partial charge < -0.3 is 19.8 Å². The van der Waals surface area contributed by atoms with E-state index in [-0.39, 0.29) is 11.8 Å². The Morgan fingerprint density at radius 1 is 1.23 bits per heavy atom. The molecule has 0 aliphatic carbocycles. The number of benzene rings is 1. The first-order valence-electron chi connectivity index (χ1n) is 10.1. The number of ether oxygens (including phenoxy) is 1. The number of hydrogen-bond donors (Lipinski definition) is 2. The van der Waals surface area contributed by atoms with Gasteiger partial charge in [-0.05, 0) is 19.1 Å². The lowest BCUT2D eigenvalue weighted by molar-refractivity contribution is 0.102. The van der Waals surface area contributed by atoms with Gasteiger partial charge in [-0.15, -0.1) is 0 Å². The van der Waals surface area contributed by atoms with Gasteiger partial charge in [-0.2, -0.15) is 0 Å². The van der Waals surface area contributed by atoms with Crippen molar-refractivity contribution < 1.29 is 13.9 Å². The van der Waals surface area contributed by atoms with E-state index in [2.05, 4.69) is 32.5 Å². The van der Waals surface area contributed by atoms with E-state index in [1.165, 1.54) is 12.3 Å². The van der Waals surface area contributed by atoms with E-state index in [4.69, 9.17) is 4.74 Å². The van der Waals surface area contributed by atoms with E-state index in [0.29, 0.717) is 39.6 Å². The van der Waals surface area contributed by atoms with Crippen LogP contribution in [0.4, 0.5) is 10.1 Å². The minimum atomic E-state index is -0.515. The zero-order valence-corrected chi connectivity index (χ0v) is 17.1. The summed E-state index contributed by atoms with van der Waals surface area (Å²) in [4.78, 5) is 25.9. The fraction of sp³-hybridized carbons (Fsp3) is 0.273. The van der Waals surface area contributed by atoms with Crippen molar-refractivity contribution in [2.75, 3.05) is 18.4 Å². The van der Waals surface area contributed by atoms with Gasteiger partial charge in [-0.3, -0.25) is 9.78 Å². The number of anilines is 1. The van der Waals surface area contributed by atoms with E-state index < -0.39 is 11.7 Å². The average Bonchev–Trinajstić information content (AvgIpc) is 3.33. The van der Waals surface area contributed by atoms with Crippen molar-refractivity contribution in [1.82, 2.24) is 24.7 Å². The van der Waals surface area contributed by atoms with Gasteiger partial charge in [0.2, 0.25) is 0 Å². The standard InChI is InChI=1S/C22H21FN6O2/c1-12-8-24-9-18(12)31-17-4-3-15(19-20(17)26-6-5-25-19)22(30)28-14-7-16(23)21-27-13(2)10-29(21)11-14/h3-7,10-12,18,24H,8-9H2,1-2H3,(H,28,30)/t12-,18-/m1/s1. The van der Waals surface area contributed by atoms with E-state index in [9.17, 15) is 9.18 Å². The summed E-state index contributed by atoms with van der Waals surface area (Å²) < 4.78 is 22.1. The number of aromatic nitrogens is 4. The number of fused-ring (bicyclic) bond motifs is 2. The molecule has 2 atom stereocenters. The first-order chi connectivity index (χ1) is 15.0. The van der Waals surface area contributed by atoms with Crippen LogP contribution in [-0.4, -0.2) is 44.5 Å². The van der Waals surface area contributed by atoms with Crippen molar-refractivity contribution in [3.63, 3.8) is 0 Å². The minimum Gasteiger partial charge on any atom is -0.486 e. The quantitative estimate of drug-likeness (QED) is 0.527. The highest BCUT2D eigenvalue weighted by Crippen LogP contribution is 2.28. The highest BCUT2D eigenvalue weighted by Gasteiger charge is 2.26. The van der Waals surface area contributed by atoms with Crippen LogP contribution in [0.15, 0.2) is 43.0 Å². The Labute approximate surface area is 177 Å².